The minimum absolute atomic E-state index is 0.0496. The Labute approximate surface area is 182 Å². The van der Waals surface area contributed by atoms with Crippen molar-refractivity contribution in [2.45, 2.75) is 6.54 Å². The summed E-state index contributed by atoms with van der Waals surface area (Å²) in [6, 6.07) is 13.4. The number of nitrogens with one attached hydrogen (secondary N) is 2. The third-order valence-corrected chi connectivity index (χ3v) is 4.83. The van der Waals surface area contributed by atoms with Gasteiger partial charge in [0.25, 0.3) is 0 Å². The van der Waals surface area contributed by atoms with E-state index in [0.717, 1.165) is 5.69 Å². The smallest absolute Gasteiger partial charge is 0.154 e. The van der Waals surface area contributed by atoms with Gasteiger partial charge < -0.3 is 11.2 Å². The van der Waals surface area contributed by atoms with Gasteiger partial charge in [-0.05, 0) is 30.3 Å². The maximum Gasteiger partial charge on any atom is 0.154 e. The highest BCUT2D eigenvalue weighted by molar-refractivity contribution is 6.77. The number of aliphatic imine (C=N–C) groups is 1. The number of amidine groups is 1. The molecule has 1 aliphatic heterocycles. The number of allylic oxidation sites excluding steroid dienone is 1. The van der Waals surface area contributed by atoms with Gasteiger partial charge >= 0.3 is 0 Å². The number of benzene rings is 1. The molecular weight excluding hydrogens is 409 g/mol. The van der Waals surface area contributed by atoms with Gasteiger partial charge in [-0.25, -0.2) is 9.38 Å². The average Bonchev–Trinajstić information content (AvgIpc) is 3.22. The van der Waals surface area contributed by atoms with Crippen LogP contribution in [0.4, 0.5) is 4.39 Å². The first-order chi connectivity index (χ1) is 15.5. The summed E-state index contributed by atoms with van der Waals surface area (Å²) in [7, 11) is 1.70. The first-order valence-corrected chi connectivity index (χ1v) is 9.57. The Bertz CT molecular complexity index is 1330. The van der Waals surface area contributed by atoms with E-state index in [9.17, 15) is 5.26 Å². The first kappa shape index (κ1) is 20.6. The van der Waals surface area contributed by atoms with Crippen molar-refractivity contribution in [1.82, 2.24) is 20.2 Å². The minimum Gasteiger partial charge on any atom is -0.382 e. The molecule has 0 unspecified atom stereocenters. The number of pyridine rings is 1. The number of aromatic nitrogens is 3. The van der Waals surface area contributed by atoms with Crippen molar-refractivity contribution in [1.29, 1.82) is 10.7 Å². The SMILES string of the molecule is Cn1nccc1C1=C(c2cccc(C#N)c2F)N=C(N)/C(=N/NCc2ccccn2)C1=N. The van der Waals surface area contributed by atoms with Crippen LogP contribution >= 0.6 is 0 Å². The Kier molecular flexibility index (Phi) is 5.55. The van der Waals surface area contributed by atoms with Gasteiger partial charge in [-0.3, -0.25) is 15.1 Å². The second-order valence-corrected chi connectivity index (χ2v) is 6.83. The number of nitrogens with zero attached hydrogens (tertiary/aromatic N) is 6. The molecule has 4 N–H and O–H groups in total. The number of hydrogen-bond donors (Lipinski definition) is 3. The molecule has 0 saturated carbocycles. The van der Waals surface area contributed by atoms with Crippen LogP contribution in [-0.2, 0) is 13.6 Å². The molecule has 10 heteroatoms. The number of hydrazone groups is 1. The van der Waals surface area contributed by atoms with Gasteiger partial charge in [0.05, 0.1) is 40.5 Å². The maximum atomic E-state index is 15.0. The summed E-state index contributed by atoms with van der Waals surface area (Å²) in [6.45, 7) is 0.321. The molecule has 0 saturated heterocycles. The largest absolute Gasteiger partial charge is 0.382 e. The molecule has 4 rings (SSSR count). The van der Waals surface area contributed by atoms with Gasteiger partial charge in [0.15, 0.2) is 11.5 Å². The highest BCUT2D eigenvalue weighted by Gasteiger charge is 2.30. The topological polar surface area (TPSA) is 141 Å². The molecule has 0 aliphatic carbocycles. The van der Waals surface area contributed by atoms with E-state index in [2.05, 4.69) is 25.6 Å². The van der Waals surface area contributed by atoms with Gasteiger partial charge in [-0.15, -0.1) is 0 Å². The first-order valence-electron chi connectivity index (χ1n) is 9.57. The number of rotatable bonds is 5. The molecule has 0 atom stereocenters. The average molecular weight is 427 g/mol. The van der Waals surface area contributed by atoms with Crippen molar-refractivity contribution >= 4 is 28.5 Å². The van der Waals surface area contributed by atoms with Gasteiger partial charge in [0.2, 0.25) is 0 Å². The molecule has 0 spiro atoms. The van der Waals surface area contributed by atoms with Crippen molar-refractivity contribution < 1.29 is 4.39 Å². The van der Waals surface area contributed by atoms with Crippen LogP contribution in [0.1, 0.15) is 22.5 Å². The minimum atomic E-state index is -0.734. The Hall–Kier alpha value is -4.65. The molecule has 3 aromatic rings. The van der Waals surface area contributed by atoms with Crippen LogP contribution in [0.5, 0.6) is 0 Å². The Morgan fingerprint density at radius 3 is 2.75 bits per heavy atom. The highest BCUT2D eigenvalue weighted by atomic mass is 19.1. The zero-order valence-corrected chi connectivity index (χ0v) is 17.0. The number of nitrogens with two attached hydrogens (primary N) is 1. The molecule has 1 aromatic carbocycles. The number of nitriles is 1. The van der Waals surface area contributed by atoms with Gasteiger partial charge in [-0.2, -0.15) is 15.5 Å². The van der Waals surface area contributed by atoms with Crippen LogP contribution in [0.25, 0.3) is 11.3 Å². The summed E-state index contributed by atoms with van der Waals surface area (Å²) in [5.74, 6) is -0.783. The van der Waals surface area contributed by atoms with Crippen molar-refractivity contribution in [3.05, 3.63) is 83.2 Å². The summed E-state index contributed by atoms with van der Waals surface area (Å²) >= 11 is 0. The van der Waals surface area contributed by atoms with Crippen LogP contribution < -0.4 is 11.2 Å². The fraction of sp³-hybridized carbons (Fsp3) is 0.0909. The molecule has 32 heavy (non-hydrogen) atoms. The normalized spacial score (nSPS) is 15.0. The summed E-state index contributed by atoms with van der Waals surface area (Å²) in [4.78, 5) is 8.59. The standard InChI is InChI=1S/C22H18FN9/c1-32-16(8-10-29-32)17-19(25)21(31-28-12-14-6-2-3-9-27-14)22(26)30-20(17)15-7-4-5-13(11-24)18(15)23/h2-10,25,28H,12H2,1H3,(H2,26,30)/b25-19?,31-21+. The zero-order chi connectivity index (χ0) is 22.7. The van der Waals surface area contributed by atoms with E-state index in [1.165, 1.54) is 12.1 Å². The summed E-state index contributed by atoms with van der Waals surface area (Å²) in [6.07, 6.45) is 3.23. The third kappa shape index (κ3) is 3.75. The maximum absolute atomic E-state index is 15.0. The van der Waals surface area contributed by atoms with Gasteiger partial charge in [0, 0.05) is 25.0 Å². The molecule has 0 radical (unpaired) electrons. The monoisotopic (exact) mass is 427 g/mol. The molecule has 0 bridgehead atoms. The van der Waals surface area contributed by atoms with Gasteiger partial charge in [0.1, 0.15) is 11.9 Å². The Morgan fingerprint density at radius 1 is 1.22 bits per heavy atom. The zero-order valence-electron chi connectivity index (χ0n) is 17.0. The van der Waals surface area contributed by atoms with Gasteiger partial charge in [-0.1, -0.05) is 12.1 Å². The summed E-state index contributed by atoms with van der Waals surface area (Å²) in [5.41, 5.74) is 10.7. The molecule has 0 fully saturated rings. The van der Waals surface area contributed by atoms with E-state index in [4.69, 9.17) is 11.1 Å². The van der Waals surface area contributed by atoms with Crippen molar-refractivity contribution in [3.8, 4) is 6.07 Å². The molecule has 3 heterocycles. The Morgan fingerprint density at radius 2 is 2.06 bits per heavy atom. The van der Waals surface area contributed by atoms with Crippen molar-refractivity contribution in [3.63, 3.8) is 0 Å². The van der Waals surface area contributed by atoms with E-state index >= 15 is 4.39 Å². The van der Waals surface area contributed by atoms with E-state index in [0.29, 0.717) is 17.8 Å². The van der Waals surface area contributed by atoms with E-state index in [-0.39, 0.29) is 34.1 Å². The second kappa shape index (κ2) is 8.61. The molecule has 0 amide bonds. The van der Waals surface area contributed by atoms with Crippen LogP contribution in [0.2, 0.25) is 0 Å². The lowest BCUT2D eigenvalue weighted by Crippen LogP contribution is -2.36. The van der Waals surface area contributed by atoms with Crippen molar-refractivity contribution in [2.75, 3.05) is 0 Å². The molecule has 9 nitrogen and oxygen atoms in total. The lowest BCUT2D eigenvalue weighted by molar-refractivity contribution is 0.620. The quantitative estimate of drug-likeness (QED) is 0.536. The van der Waals surface area contributed by atoms with E-state index in [1.54, 1.807) is 36.3 Å². The lowest BCUT2D eigenvalue weighted by Gasteiger charge is -2.21. The highest BCUT2D eigenvalue weighted by Crippen LogP contribution is 2.33. The number of hydrogen-bond acceptors (Lipinski definition) is 8. The molecule has 2 aromatic heterocycles. The van der Waals surface area contributed by atoms with Crippen LogP contribution in [0, 0.1) is 22.6 Å². The molecule has 1 aliphatic rings. The number of halogens is 1. The third-order valence-electron chi connectivity index (χ3n) is 4.83. The van der Waals surface area contributed by atoms with Crippen LogP contribution in [0.3, 0.4) is 0 Å². The molecule has 158 valence electrons. The Balaban J connectivity index is 1.81. The van der Waals surface area contributed by atoms with E-state index < -0.39 is 5.82 Å². The predicted molar refractivity (Wildman–Crippen MR) is 119 cm³/mol. The summed E-state index contributed by atoms with van der Waals surface area (Å²) < 4.78 is 16.6. The number of aryl methyl sites for hydroxylation is 1. The van der Waals surface area contributed by atoms with Crippen LogP contribution in [0.15, 0.2) is 65.0 Å². The fourth-order valence-corrected chi connectivity index (χ4v) is 3.27. The van der Waals surface area contributed by atoms with Crippen molar-refractivity contribution in [2.24, 2.45) is 22.9 Å². The summed E-state index contributed by atoms with van der Waals surface area (Å²) in [5, 5.41) is 26.4. The lowest BCUT2D eigenvalue weighted by atomic mass is 9.93. The fourth-order valence-electron chi connectivity index (χ4n) is 3.27. The molecular formula is C22H18FN9. The second-order valence-electron chi connectivity index (χ2n) is 6.83. The predicted octanol–water partition coefficient (Wildman–Crippen LogP) is 2.23. The van der Waals surface area contributed by atoms with E-state index in [1.807, 2.05) is 24.3 Å². The van der Waals surface area contributed by atoms with Crippen LogP contribution in [-0.4, -0.2) is 32.0 Å².